The van der Waals surface area contributed by atoms with Crippen molar-refractivity contribution in [3.05, 3.63) is 24.5 Å². The summed E-state index contributed by atoms with van der Waals surface area (Å²) >= 11 is 0. The van der Waals surface area contributed by atoms with E-state index in [0.717, 1.165) is 17.1 Å². The molecule has 17 heavy (non-hydrogen) atoms. The van der Waals surface area contributed by atoms with Gasteiger partial charge in [0.1, 0.15) is 0 Å². The van der Waals surface area contributed by atoms with Crippen molar-refractivity contribution < 1.29 is 5.11 Å². The van der Waals surface area contributed by atoms with E-state index in [1.165, 1.54) is 0 Å². The van der Waals surface area contributed by atoms with Crippen LogP contribution in [0.5, 0.6) is 0 Å². The van der Waals surface area contributed by atoms with E-state index in [4.69, 9.17) is 5.11 Å². The highest BCUT2D eigenvalue weighted by Gasteiger charge is 2.05. The first-order valence-corrected chi connectivity index (χ1v) is 5.35. The highest BCUT2D eigenvalue weighted by atomic mass is 16.3. The summed E-state index contributed by atoms with van der Waals surface area (Å²) in [6, 6.07) is 3.78. The van der Waals surface area contributed by atoms with Gasteiger partial charge in [0, 0.05) is 32.4 Å². The van der Waals surface area contributed by atoms with Crippen LogP contribution < -0.4 is 4.90 Å². The van der Waals surface area contributed by atoms with Gasteiger partial charge >= 0.3 is 0 Å². The number of aliphatic hydroxyl groups is 1. The Labute approximate surface area is 99.5 Å². The van der Waals surface area contributed by atoms with Crippen LogP contribution in [0.3, 0.4) is 0 Å². The molecule has 90 valence electrons. The van der Waals surface area contributed by atoms with Crippen molar-refractivity contribution in [2.45, 2.75) is 0 Å². The van der Waals surface area contributed by atoms with Gasteiger partial charge in [-0.3, -0.25) is 4.68 Å². The Morgan fingerprint density at radius 3 is 2.71 bits per heavy atom. The molecule has 0 atom stereocenters. The first-order chi connectivity index (χ1) is 8.20. The fraction of sp³-hybridized carbons (Fsp3) is 0.364. The zero-order chi connectivity index (χ0) is 12.3. The number of nitrogens with zero attached hydrogens (tertiary/aromatic N) is 5. The van der Waals surface area contributed by atoms with Crippen LogP contribution in [0.15, 0.2) is 24.5 Å². The summed E-state index contributed by atoms with van der Waals surface area (Å²) in [6.45, 7) is 0.642. The Balaban J connectivity index is 2.18. The van der Waals surface area contributed by atoms with Gasteiger partial charge in [0.05, 0.1) is 18.5 Å². The molecule has 0 aliphatic heterocycles. The average molecular weight is 233 g/mol. The van der Waals surface area contributed by atoms with E-state index in [1.807, 2.05) is 37.3 Å². The van der Waals surface area contributed by atoms with Gasteiger partial charge in [-0.15, -0.1) is 10.2 Å². The largest absolute Gasteiger partial charge is 0.395 e. The number of anilines is 1. The number of rotatable bonds is 4. The van der Waals surface area contributed by atoms with Gasteiger partial charge in [-0.25, -0.2) is 0 Å². The lowest BCUT2D eigenvalue weighted by molar-refractivity contribution is 0.303. The zero-order valence-corrected chi connectivity index (χ0v) is 9.91. The molecular formula is C11H15N5O. The zero-order valence-electron chi connectivity index (χ0n) is 9.91. The molecule has 0 unspecified atom stereocenters. The van der Waals surface area contributed by atoms with E-state index < -0.39 is 0 Å². The molecule has 0 saturated carbocycles. The van der Waals surface area contributed by atoms with Crippen molar-refractivity contribution in [1.82, 2.24) is 20.0 Å². The van der Waals surface area contributed by atoms with E-state index >= 15 is 0 Å². The summed E-state index contributed by atoms with van der Waals surface area (Å²) in [4.78, 5) is 1.85. The lowest BCUT2D eigenvalue weighted by atomic mass is 10.2. The average Bonchev–Trinajstić information content (AvgIpc) is 2.76. The molecule has 2 aromatic rings. The minimum atomic E-state index is 0.0997. The second-order valence-corrected chi connectivity index (χ2v) is 3.82. The Kier molecular flexibility index (Phi) is 3.34. The molecular weight excluding hydrogens is 218 g/mol. The topological polar surface area (TPSA) is 67.1 Å². The molecule has 0 radical (unpaired) electrons. The van der Waals surface area contributed by atoms with E-state index in [1.54, 1.807) is 10.9 Å². The van der Waals surface area contributed by atoms with Gasteiger partial charge in [0.15, 0.2) is 5.82 Å². The van der Waals surface area contributed by atoms with E-state index in [0.29, 0.717) is 6.54 Å². The number of aromatic nitrogens is 4. The Bertz CT molecular complexity index is 479. The summed E-state index contributed by atoms with van der Waals surface area (Å²) < 4.78 is 1.73. The second kappa shape index (κ2) is 4.92. The molecule has 2 aromatic heterocycles. The maximum absolute atomic E-state index is 8.83. The first-order valence-electron chi connectivity index (χ1n) is 5.35. The van der Waals surface area contributed by atoms with Gasteiger partial charge in [-0.1, -0.05) is 0 Å². The molecule has 0 aliphatic carbocycles. The number of aliphatic hydroxyl groups excluding tert-OH is 1. The van der Waals surface area contributed by atoms with Crippen LogP contribution >= 0.6 is 0 Å². The molecule has 2 heterocycles. The molecule has 0 bridgehead atoms. The summed E-state index contributed by atoms with van der Waals surface area (Å²) in [5.41, 5.74) is 1.73. The van der Waals surface area contributed by atoms with Crippen molar-refractivity contribution >= 4 is 5.82 Å². The van der Waals surface area contributed by atoms with Gasteiger partial charge < -0.3 is 10.0 Å². The van der Waals surface area contributed by atoms with Crippen LogP contribution in [0.25, 0.3) is 11.3 Å². The fourth-order valence-corrected chi connectivity index (χ4v) is 1.50. The van der Waals surface area contributed by atoms with E-state index in [-0.39, 0.29) is 6.61 Å². The lowest BCUT2D eigenvalue weighted by Gasteiger charge is -2.15. The standard InChI is InChI=1S/C11H15N5O/c1-15(5-6-17)11-4-3-10(13-14-11)9-7-12-16(2)8-9/h3-4,7-8,17H,5-6H2,1-2H3. The van der Waals surface area contributed by atoms with Crippen molar-refractivity contribution in [3.63, 3.8) is 0 Å². The monoisotopic (exact) mass is 233 g/mol. The molecule has 0 fully saturated rings. The Morgan fingerprint density at radius 1 is 1.35 bits per heavy atom. The second-order valence-electron chi connectivity index (χ2n) is 3.82. The summed E-state index contributed by atoms with van der Waals surface area (Å²) in [6.07, 6.45) is 3.64. The van der Waals surface area contributed by atoms with Crippen molar-refractivity contribution in [2.75, 3.05) is 25.1 Å². The predicted molar refractivity (Wildman–Crippen MR) is 64.6 cm³/mol. The van der Waals surface area contributed by atoms with Crippen molar-refractivity contribution in [1.29, 1.82) is 0 Å². The highest BCUT2D eigenvalue weighted by Crippen LogP contribution is 2.16. The molecule has 0 saturated heterocycles. The smallest absolute Gasteiger partial charge is 0.151 e. The van der Waals surface area contributed by atoms with Crippen molar-refractivity contribution in [3.8, 4) is 11.3 Å². The van der Waals surface area contributed by atoms with Crippen LogP contribution in [-0.4, -0.2) is 45.3 Å². The van der Waals surface area contributed by atoms with E-state index in [2.05, 4.69) is 15.3 Å². The Hall–Kier alpha value is -1.95. The van der Waals surface area contributed by atoms with E-state index in [9.17, 15) is 0 Å². The third-order valence-corrected chi connectivity index (χ3v) is 2.48. The maximum atomic E-state index is 8.83. The Morgan fingerprint density at radius 2 is 2.18 bits per heavy atom. The molecule has 0 spiro atoms. The summed E-state index contributed by atoms with van der Waals surface area (Å²) in [5.74, 6) is 0.742. The summed E-state index contributed by atoms with van der Waals surface area (Å²) in [7, 11) is 3.73. The van der Waals surface area contributed by atoms with Gasteiger partial charge in [-0.05, 0) is 12.1 Å². The first kappa shape index (κ1) is 11.5. The van der Waals surface area contributed by atoms with Crippen LogP contribution in [-0.2, 0) is 7.05 Å². The fourth-order valence-electron chi connectivity index (χ4n) is 1.50. The molecule has 0 amide bonds. The molecule has 0 aromatic carbocycles. The third-order valence-electron chi connectivity index (χ3n) is 2.48. The highest BCUT2D eigenvalue weighted by molar-refractivity contribution is 5.57. The SMILES string of the molecule is CN(CCO)c1ccc(-c2cnn(C)c2)nn1. The quantitative estimate of drug-likeness (QED) is 0.823. The normalized spacial score (nSPS) is 10.5. The van der Waals surface area contributed by atoms with Crippen LogP contribution in [0, 0.1) is 0 Å². The molecule has 0 aliphatic rings. The van der Waals surface area contributed by atoms with Gasteiger partial charge in [0.25, 0.3) is 0 Å². The molecule has 6 nitrogen and oxygen atoms in total. The number of likely N-dealkylation sites (N-methyl/N-ethyl adjacent to an activating group) is 1. The van der Waals surface area contributed by atoms with Crippen LogP contribution in [0.1, 0.15) is 0 Å². The minimum absolute atomic E-state index is 0.0997. The lowest BCUT2D eigenvalue weighted by Crippen LogP contribution is -2.22. The van der Waals surface area contributed by atoms with Gasteiger partial charge in [-0.2, -0.15) is 5.10 Å². The predicted octanol–water partition coefficient (Wildman–Crippen LogP) is 0.306. The molecule has 6 heteroatoms. The molecule has 1 N–H and O–H groups in total. The number of aryl methyl sites for hydroxylation is 1. The van der Waals surface area contributed by atoms with Crippen LogP contribution in [0.4, 0.5) is 5.82 Å². The number of hydrogen-bond acceptors (Lipinski definition) is 5. The van der Waals surface area contributed by atoms with Crippen LogP contribution in [0.2, 0.25) is 0 Å². The maximum Gasteiger partial charge on any atom is 0.151 e. The third kappa shape index (κ3) is 2.59. The number of hydrogen-bond donors (Lipinski definition) is 1. The van der Waals surface area contributed by atoms with Gasteiger partial charge in [0.2, 0.25) is 0 Å². The molecule has 2 rings (SSSR count). The van der Waals surface area contributed by atoms with Crippen molar-refractivity contribution in [2.24, 2.45) is 7.05 Å². The minimum Gasteiger partial charge on any atom is -0.395 e. The summed E-state index contributed by atoms with van der Waals surface area (Å²) in [5, 5.41) is 21.2.